The molecule has 0 radical (unpaired) electrons. The largest absolute Gasteiger partial charge is 0.282 e. The fraction of sp³-hybridized carbons (Fsp3) is 0.0833. The molecule has 0 fully saturated rings. The molecule has 0 aliphatic heterocycles. The first-order valence-electron chi connectivity index (χ1n) is 4.72. The maximum Gasteiger partial charge on any atom is 0.273 e. The molecule has 16 heavy (non-hydrogen) atoms. The molecule has 0 atom stereocenters. The molecule has 2 rings (SSSR count). The lowest BCUT2D eigenvalue weighted by atomic mass is 10.2. The van der Waals surface area contributed by atoms with E-state index in [9.17, 15) is 4.79 Å². The summed E-state index contributed by atoms with van der Waals surface area (Å²) in [5, 5.41) is 0.554. The van der Waals surface area contributed by atoms with Crippen molar-refractivity contribution in [3.05, 3.63) is 62.5 Å². The van der Waals surface area contributed by atoms with Crippen LogP contribution in [-0.2, 0) is 0 Å². The summed E-state index contributed by atoms with van der Waals surface area (Å²) in [7, 11) is 0. The highest BCUT2D eigenvalue weighted by atomic mass is 35.5. The Morgan fingerprint density at radius 1 is 1.12 bits per heavy atom. The molecule has 1 aromatic heterocycles. The summed E-state index contributed by atoms with van der Waals surface area (Å²) < 4.78 is 1.43. The fourth-order valence-corrected chi connectivity index (χ4v) is 1.89. The molecular formula is C12H9Cl2NO. The van der Waals surface area contributed by atoms with Crippen LogP contribution in [0.2, 0.25) is 10.0 Å². The maximum atomic E-state index is 11.8. The van der Waals surface area contributed by atoms with E-state index in [0.717, 1.165) is 11.3 Å². The maximum absolute atomic E-state index is 11.8. The number of nitrogens with zero attached hydrogens (tertiary/aromatic N) is 1. The third kappa shape index (κ3) is 2.13. The predicted molar refractivity (Wildman–Crippen MR) is 66.8 cm³/mol. The predicted octanol–water partition coefficient (Wildman–Crippen LogP) is 3.45. The van der Waals surface area contributed by atoms with Crippen LogP contribution < -0.4 is 5.56 Å². The summed E-state index contributed by atoms with van der Waals surface area (Å²) in [6, 6.07) is 9.00. The minimum atomic E-state index is -0.269. The Kier molecular flexibility index (Phi) is 3.03. The molecule has 1 heterocycles. The second kappa shape index (κ2) is 4.32. The van der Waals surface area contributed by atoms with E-state index in [4.69, 9.17) is 23.2 Å². The van der Waals surface area contributed by atoms with Crippen molar-refractivity contribution >= 4 is 23.2 Å². The van der Waals surface area contributed by atoms with Crippen LogP contribution in [0.4, 0.5) is 0 Å². The van der Waals surface area contributed by atoms with Crippen molar-refractivity contribution in [1.29, 1.82) is 0 Å². The molecule has 2 aromatic rings. The highest BCUT2D eigenvalue weighted by molar-refractivity contribution is 6.34. The van der Waals surface area contributed by atoms with E-state index >= 15 is 0 Å². The lowest BCUT2D eigenvalue weighted by molar-refractivity contribution is 0.990. The van der Waals surface area contributed by atoms with Crippen molar-refractivity contribution in [2.24, 2.45) is 0 Å². The van der Waals surface area contributed by atoms with Crippen LogP contribution in [-0.4, -0.2) is 4.57 Å². The Hall–Kier alpha value is -1.25. The molecule has 4 heteroatoms. The average molecular weight is 254 g/mol. The molecule has 1 aromatic carbocycles. The summed E-state index contributed by atoms with van der Waals surface area (Å²) in [5.41, 5.74) is 1.61. The molecule has 0 bridgehead atoms. The van der Waals surface area contributed by atoms with Crippen LogP contribution in [0.15, 0.2) is 41.3 Å². The Balaban J connectivity index is 2.64. The molecule has 0 saturated carbocycles. The first kappa shape index (κ1) is 11.2. The van der Waals surface area contributed by atoms with Gasteiger partial charge < -0.3 is 0 Å². The molecule has 0 N–H and O–H groups in total. The number of hydrogen-bond donors (Lipinski definition) is 0. The van der Waals surface area contributed by atoms with Gasteiger partial charge in [-0.3, -0.25) is 9.36 Å². The Morgan fingerprint density at radius 3 is 2.38 bits per heavy atom. The number of hydrogen-bond acceptors (Lipinski definition) is 1. The smallest absolute Gasteiger partial charge is 0.273 e. The highest BCUT2D eigenvalue weighted by Crippen LogP contribution is 2.15. The van der Waals surface area contributed by atoms with Gasteiger partial charge in [0.1, 0.15) is 5.02 Å². The third-order valence-electron chi connectivity index (χ3n) is 2.25. The summed E-state index contributed by atoms with van der Waals surface area (Å²) in [5.74, 6) is 0. The summed E-state index contributed by atoms with van der Waals surface area (Å²) in [6.07, 6.45) is 1.56. The first-order valence-corrected chi connectivity index (χ1v) is 5.48. The van der Waals surface area contributed by atoms with Gasteiger partial charge in [0.25, 0.3) is 5.56 Å². The second-order valence-corrected chi connectivity index (χ2v) is 4.36. The average Bonchev–Trinajstić information content (AvgIpc) is 2.25. The van der Waals surface area contributed by atoms with Crippen molar-refractivity contribution in [3.63, 3.8) is 0 Å². The van der Waals surface area contributed by atoms with Gasteiger partial charge in [0.05, 0.1) is 5.02 Å². The molecule has 0 unspecified atom stereocenters. The van der Waals surface area contributed by atoms with Crippen molar-refractivity contribution in [3.8, 4) is 5.69 Å². The lowest BCUT2D eigenvalue weighted by Crippen LogP contribution is -2.17. The molecule has 0 amide bonds. The second-order valence-electron chi connectivity index (χ2n) is 3.52. The van der Waals surface area contributed by atoms with Gasteiger partial charge in [-0.15, -0.1) is 0 Å². The topological polar surface area (TPSA) is 22.0 Å². The van der Waals surface area contributed by atoms with Gasteiger partial charge in [0, 0.05) is 11.9 Å². The quantitative estimate of drug-likeness (QED) is 0.763. The van der Waals surface area contributed by atoms with Crippen LogP contribution in [0.1, 0.15) is 5.56 Å². The third-order valence-corrected chi connectivity index (χ3v) is 2.73. The van der Waals surface area contributed by atoms with E-state index in [-0.39, 0.29) is 10.6 Å². The molecule has 0 aliphatic carbocycles. The summed E-state index contributed by atoms with van der Waals surface area (Å²) in [4.78, 5) is 11.8. The van der Waals surface area contributed by atoms with Gasteiger partial charge in [0.15, 0.2) is 0 Å². The fourth-order valence-electron chi connectivity index (χ4n) is 1.41. The molecule has 0 spiro atoms. The normalized spacial score (nSPS) is 10.4. The van der Waals surface area contributed by atoms with Crippen molar-refractivity contribution in [2.45, 2.75) is 6.92 Å². The van der Waals surface area contributed by atoms with Gasteiger partial charge >= 0.3 is 0 Å². The minimum absolute atomic E-state index is 0.119. The van der Waals surface area contributed by atoms with E-state index in [2.05, 4.69) is 0 Å². The number of halogens is 2. The SMILES string of the molecule is Cc1ccc(-n2cc(Cl)cc(Cl)c2=O)cc1. The lowest BCUT2D eigenvalue weighted by Gasteiger charge is -2.07. The van der Waals surface area contributed by atoms with E-state index in [1.807, 2.05) is 31.2 Å². The zero-order valence-corrected chi connectivity index (χ0v) is 10.1. The molecular weight excluding hydrogens is 245 g/mol. The summed E-state index contributed by atoms with van der Waals surface area (Å²) in [6.45, 7) is 1.98. The van der Waals surface area contributed by atoms with E-state index in [0.29, 0.717) is 5.02 Å². The van der Waals surface area contributed by atoms with Crippen molar-refractivity contribution in [2.75, 3.05) is 0 Å². The Morgan fingerprint density at radius 2 is 1.75 bits per heavy atom. The van der Waals surface area contributed by atoms with Gasteiger partial charge in [-0.25, -0.2) is 0 Å². The molecule has 2 nitrogen and oxygen atoms in total. The Labute approximate surface area is 103 Å². The molecule has 0 aliphatic rings. The molecule has 0 saturated heterocycles. The highest BCUT2D eigenvalue weighted by Gasteiger charge is 2.05. The summed E-state index contributed by atoms with van der Waals surface area (Å²) >= 11 is 11.6. The first-order chi connectivity index (χ1) is 7.58. The zero-order chi connectivity index (χ0) is 11.7. The van der Waals surface area contributed by atoms with Gasteiger partial charge in [-0.2, -0.15) is 0 Å². The zero-order valence-electron chi connectivity index (χ0n) is 8.58. The minimum Gasteiger partial charge on any atom is -0.282 e. The van der Waals surface area contributed by atoms with Gasteiger partial charge in [-0.1, -0.05) is 40.9 Å². The van der Waals surface area contributed by atoms with Crippen LogP contribution >= 0.6 is 23.2 Å². The van der Waals surface area contributed by atoms with Gasteiger partial charge in [0.2, 0.25) is 0 Å². The number of aryl methyl sites for hydroxylation is 1. The number of aromatic nitrogens is 1. The van der Waals surface area contributed by atoms with Crippen molar-refractivity contribution < 1.29 is 0 Å². The number of pyridine rings is 1. The van der Waals surface area contributed by atoms with Crippen LogP contribution in [0.3, 0.4) is 0 Å². The monoisotopic (exact) mass is 253 g/mol. The van der Waals surface area contributed by atoms with E-state index < -0.39 is 0 Å². The standard InChI is InChI=1S/C12H9Cl2NO/c1-8-2-4-10(5-3-8)15-7-9(13)6-11(14)12(15)16/h2-7H,1H3. The van der Waals surface area contributed by atoms with Gasteiger partial charge in [-0.05, 0) is 25.1 Å². The molecule has 82 valence electrons. The van der Waals surface area contributed by atoms with Crippen LogP contribution in [0.5, 0.6) is 0 Å². The van der Waals surface area contributed by atoms with Crippen LogP contribution in [0.25, 0.3) is 5.69 Å². The van der Waals surface area contributed by atoms with Crippen molar-refractivity contribution in [1.82, 2.24) is 4.57 Å². The number of rotatable bonds is 1. The van der Waals surface area contributed by atoms with E-state index in [1.54, 1.807) is 6.20 Å². The van der Waals surface area contributed by atoms with Crippen LogP contribution in [0, 0.1) is 6.92 Å². The van der Waals surface area contributed by atoms with E-state index in [1.165, 1.54) is 10.6 Å². The Bertz CT molecular complexity index is 573. The number of benzene rings is 1.